The Labute approximate surface area is 172 Å². The zero-order valence-electron chi connectivity index (χ0n) is 17.5. The Morgan fingerprint density at radius 1 is 1.00 bits per heavy atom. The molecule has 1 heterocycles. The number of rotatable bonds is 6. The molecule has 1 unspecified atom stereocenters. The fourth-order valence-corrected chi connectivity index (χ4v) is 3.74. The third-order valence-electron chi connectivity index (χ3n) is 5.93. The third kappa shape index (κ3) is 4.89. The molecule has 1 aromatic rings. The van der Waals surface area contributed by atoms with Crippen LogP contribution in [-0.4, -0.2) is 66.9 Å². The van der Waals surface area contributed by atoms with Gasteiger partial charge in [-0.1, -0.05) is 20.3 Å². The molecular formula is C22H31N3O4. The van der Waals surface area contributed by atoms with Crippen LogP contribution in [0.3, 0.4) is 0 Å². The number of carbonyl (C=O) groups excluding carboxylic acids is 3. The topological polar surface area (TPSA) is 79.0 Å². The SMILES string of the molecule is COc1ccc(C(=O)NC(C(=O)N2CCN(C(=O)C3CCC3)CC2)C(C)C)cc1. The molecule has 0 spiro atoms. The van der Waals surface area contributed by atoms with E-state index in [0.717, 1.165) is 19.3 Å². The molecule has 1 saturated carbocycles. The van der Waals surface area contributed by atoms with Crippen molar-refractivity contribution in [3.8, 4) is 5.75 Å². The number of nitrogens with zero attached hydrogens (tertiary/aromatic N) is 2. The zero-order chi connectivity index (χ0) is 21.0. The molecular weight excluding hydrogens is 370 g/mol. The molecule has 1 aliphatic heterocycles. The molecule has 7 heteroatoms. The number of amides is 3. The standard InChI is InChI=1S/C22H31N3O4/c1-15(2)19(23-20(26)16-7-9-18(29-3)10-8-16)22(28)25-13-11-24(12-14-25)21(27)17-5-4-6-17/h7-10,15,17,19H,4-6,11-14H2,1-3H3,(H,23,26). The molecule has 2 fully saturated rings. The van der Waals surface area contributed by atoms with Crippen LogP contribution in [0.15, 0.2) is 24.3 Å². The Morgan fingerprint density at radius 3 is 2.07 bits per heavy atom. The highest BCUT2D eigenvalue weighted by Gasteiger charge is 2.34. The van der Waals surface area contributed by atoms with Gasteiger partial charge >= 0.3 is 0 Å². The summed E-state index contributed by atoms with van der Waals surface area (Å²) in [5.74, 6) is 0.684. The van der Waals surface area contributed by atoms with Crippen LogP contribution >= 0.6 is 0 Å². The number of hydrogen-bond donors (Lipinski definition) is 1. The molecule has 0 radical (unpaired) electrons. The van der Waals surface area contributed by atoms with Gasteiger partial charge in [0, 0.05) is 37.7 Å². The van der Waals surface area contributed by atoms with Gasteiger partial charge in [-0.2, -0.15) is 0 Å². The number of hydrogen-bond acceptors (Lipinski definition) is 4. The van der Waals surface area contributed by atoms with E-state index in [2.05, 4.69) is 5.32 Å². The minimum absolute atomic E-state index is 0.0423. The van der Waals surface area contributed by atoms with Crippen molar-refractivity contribution >= 4 is 17.7 Å². The molecule has 158 valence electrons. The predicted molar refractivity (Wildman–Crippen MR) is 110 cm³/mol. The van der Waals surface area contributed by atoms with E-state index in [1.807, 2.05) is 18.7 Å². The molecule has 1 saturated heterocycles. The maximum atomic E-state index is 13.1. The van der Waals surface area contributed by atoms with Gasteiger partial charge in [0.15, 0.2) is 0 Å². The average Bonchev–Trinajstić information content (AvgIpc) is 2.70. The molecule has 1 N–H and O–H groups in total. The van der Waals surface area contributed by atoms with Gasteiger partial charge in [-0.3, -0.25) is 14.4 Å². The number of ether oxygens (including phenoxy) is 1. The lowest BCUT2D eigenvalue weighted by molar-refractivity contribution is -0.145. The number of methoxy groups -OCH3 is 1. The first-order valence-electron chi connectivity index (χ1n) is 10.4. The quantitative estimate of drug-likeness (QED) is 0.790. The highest BCUT2D eigenvalue weighted by molar-refractivity contribution is 5.97. The van der Waals surface area contributed by atoms with E-state index in [0.29, 0.717) is 37.5 Å². The van der Waals surface area contributed by atoms with E-state index in [1.54, 1.807) is 36.3 Å². The van der Waals surface area contributed by atoms with Gasteiger partial charge in [0.25, 0.3) is 5.91 Å². The first kappa shape index (κ1) is 21.1. The molecule has 3 amide bonds. The molecule has 1 aliphatic carbocycles. The summed E-state index contributed by atoms with van der Waals surface area (Å²) in [6.45, 7) is 6.01. The Kier molecular flexibility index (Phi) is 6.77. The van der Waals surface area contributed by atoms with Gasteiger partial charge < -0.3 is 19.9 Å². The monoisotopic (exact) mass is 401 g/mol. The smallest absolute Gasteiger partial charge is 0.251 e. The number of piperazine rings is 1. The van der Waals surface area contributed by atoms with Crippen LogP contribution in [0, 0.1) is 11.8 Å². The summed E-state index contributed by atoms with van der Waals surface area (Å²) in [7, 11) is 1.57. The van der Waals surface area contributed by atoms with E-state index in [1.165, 1.54) is 0 Å². The Bertz CT molecular complexity index is 735. The fraction of sp³-hybridized carbons (Fsp3) is 0.591. The summed E-state index contributed by atoms with van der Waals surface area (Å²) in [6.07, 6.45) is 3.12. The van der Waals surface area contributed by atoms with Crippen LogP contribution in [0.5, 0.6) is 5.75 Å². The van der Waals surface area contributed by atoms with Crippen molar-refractivity contribution < 1.29 is 19.1 Å². The lowest BCUT2D eigenvalue weighted by Crippen LogP contribution is -2.57. The fourth-order valence-electron chi connectivity index (χ4n) is 3.74. The summed E-state index contributed by atoms with van der Waals surface area (Å²) < 4.78 is 5.12. The molecule has 1 aromatic carbocycles. The summed E-state index contributed by atoms with van der Waals surface area (Å²) in [4.78, 5) is 41.8. The Morgan fingerprint density at radius 2 is 1.59 bits per heavy atom. The zero-order valence-corrected chi connectivity index (χ0v) is 17.5. The second-order valence-corrected chi connectivity index (χ2v) is 8.20. The third-order valence-corrected chi connectivity index (χ3v) is 5.93. The molecule has 0 aromatic heterocycles. The maximum absolute atomic E-state index is 13.1. The largest absolute Gasteiger partial charge is 0.497 e. The first-order valence-corrected chi connectivity index (χ1v) is 10.4. The normalized spacial score (nSPS) is 18.2. The van der Waals surface area contributed by atoms with Crippen LogP contribution < -0.4 is 10.1 Å². The lowest BCUT2D eigenvalue weighted by atomic mass is 9.84. The summed E-state index contributed by atoms with van der Waals surface area (Å²) >= 11 is 0. The first-order chi connectivity index (χ1) is 13.9. The minimum Gasteiger partial charge on any atom is -0.497 e. The van der Waals surface area contributed by atoms with Gasteiger partial charge in [0.2, 0.25) is 11.8 Å². The van der Waals surface area contributed by atoms with Crippen molar-refractivity contribution in [3.63, 3.8) is 0 Å². The Balaban J connectivity index is 1.57. The van der Waals surface area contributed by atoms with E-state index < -0.39 is 6.04 Å². The lowest BCUT2D eigenvalue weighted by Gasteiger charge is -2.39. The van der Waals surface area contributed by atoms with Gasteiger partial charge in [-0.05, 0) is 43.0 Å². The van der Waals surface area contributed by atoms with Crippen LogP contribution in [0.2, 0.25) is 0 Å². The number of benzene rings is 1. The molecule has 29 heavy (non-hydrogen) atoms. The van der Waals surface area contributed by atoms with Crippen molar-refractivity contribution in [3.05, 3.63) is 29.8 Å². The van der Waals surface area contributed by atoms with Gasteiger partial charge in [0.05, 0.1) is 7.11 Å². The van der Waals surface area contributed by atoms with Crippen molar-refractivity contribution in [2.75, 3.05) is 33.3 Å². The Hall–Kier alpha value is -2.57. The van der Waals surface area contributed by atoms with Crippen molar-refractivity contribution in [2.24, 2.45) is 11.8 Å². The average molecular weight is 402 g/mol. The van der Waals surface area contributed by atoms with Crippen LogP contribution in [-0.2, 0) is 9.59 Å². The molecule has 0 bridgehead atoms. The van der Waals surface area contributed by atoms with Crippen LogP contribution in [0.1, 0.15) is 43.5 Å². The van der Waals surface area contributed by atoms with Crippen LogP contribution in [0.25, 0.3) is 0 Å². The predicted octanol–water partition coefficient (Wildman–Crippen LogP) is 1.92. The number of carbonyl (C=O) groups is 3. The second kappa shape index (κ2) is 9.29. The van der Waals surface area contributed by atoms with Crippen molar-refractivity contribution in [1.82, 2.24) is 15.1 Å². The van der Waals surface area contributed by atoms with Gasteiger partial charge in [-0.25, -0.2) is 0 Å². The summed E-state index contributed by atoms with van der Waals surface area (Å²) in [5.41, 5.74) is 0.486. The minimum atomic E-state index is -0.599. The van der Waals surface area contributed by atoms with E-state index in [4.69, 9.17) is 4.74 Å². The molecule has 3 rings (SSSR count). The van der Waals surface area contributed by atoms with Gasteiger partial charge in [-0.15, -0.1) is 0 Å². The van der Waals surface area contributed by atoms with E-state index in [-0.39, 0.29) is 29.6 Å². The van der Waals surface area contributed by atoms with Gasteiger partial charge in [0.1, 0.15) is 11.8 Å². The summed E-state index contributed by atoms with van der Waals surface area (Å²) in [5, 5.41) is 2.89. The highest BCUT2D eigenvalue weighted by atomic mass is 16.5. The second-order valence-electron chi connectivity index (χ2n) is 8.20. The van der Waals surface area contributed by atoms with Crippen LogP contribution in [0.4, 0.5) is 0 Å². The molecule has 7 nitrogen and oxygen atoms in total. The maximum Gasteiger partial charge on any atom is 0.251 e. The van der Waals surface area contributed by atoms with E-state index >= 15 is 0 Å². The summed E-state index contributed by atoms with van der Waals surface area (Å²) in [6, 6.07) is 6.21. The highest BCUT2D eigenvalue weighted by Crippen LogP contribution is 2.28. The molecule has 2 aliphatic rings. The van der Waals surface area contributed by atoms with E-state index in [9.17, 15) is 14.4 Å². The van der Waals surface area contributed by atoms with Crippen molar-refractivity contribution in [1.29, 1.82) is 0 Å². The van der Waals surface area contributed by atoms with Crippen molar-refractivity contribution in [2.45, 2.75) is 39.2 Å². The number of nitrogens with one attached hydrogen (secondary N) is 1. The molecule has 1 atom stereocenters.